The standard InChI is InChI=1S/C6H8N2O2.C2H6/c1-7-4-3-5(9)8(2)6(7)10;1-2/h3-4H,1-2H3;1-2H3. The van der Waals surface area contributed by atoms with Crippen LogP contribution in [0.2, 0.25) is 0 Å². The van der Waals surface area contributed by atoms with Crippen molar-refractivity contribution in [3.63, 3.8) is 0 Å². The van der Waals surface area contributed by atoms with Crippen molar-refractivity contribution in [1.29, 1.82) is 0 Å². The molecule has 12 heavy (non-hydrogen) atoms. The van der Waals surface area contributed by atoms with Crippen molar-refractivity contribution in [2.75, 3.05) is 0 Å². The van der Waals surface area contributed by atoms with Gasteiger partial charge in [-0.25, -0.2) is 4.79 Å². The minimum atomic E-state index is -0.299. The van der Waals surface area contributed by atoms with Crippen LogP contribution in [0.3, 0.4) is 0 Å². The second kappa shape index (κ2) is 4.54. The molecule has 1 rings (SSSR count). The highest BCUT2D eigenvalue weighted by molar-refractivity contribution is 4.83. The first-order valence-electron chi connectivity index (χ1n) is 3.85. The normalized spacial score (nSPS) is 8.67. The Balaban J connectivity index is 0.000000561. The molecule has 0 unspecified atom stereocenters. The van der Waals surface area contributed by atoms with Crippen molar-refractivity contribution in [1.82, 2.24) is 9.13 Å². The van der Waals surface area contributed by atoms with Crippen LogP contribution in [0.4, 0.5) is 0 Å². The Morgan fingerprint density at radius 3 is 2.08 bits per heavy atom. The zero-order valence-electron chi connectivity index (χ0n) is 7.87. The largest absolute Gasteiger partial charge is 0.330 e. The molecule has 4 nitrogen and oxygen atoms in total. The van der Waals surface area contributed by atoms with E-state index in [0.29, 0.717) is 0 Å². The molecule has 1 heterocycles. The van der Waals surface area contributed by atoms with Crippen LogP contribution in [-0.2, 0) is 14.1 Å². The van der Waals surface area contributed by atoms with E-state index < -0.39 is 0 Å². The molecule has 68 valence electrons. The van der Waals surface area contributed by atoms with Crippen LogP contribution in [0, 0.1) is 0 Å². The lowest BCUT2D eigenvalue weighted by atomic mass is 10.6. The molecule has 0 aliphatic rings. The fraction of sp³-hybridized carbons (Fsp3) is 0.500. The van der Waals surface area contributed by atoms with E-state index in [4.69, 9.17) is 0 Å². The molecule has 0 atom stereocenters. The van der Waals surface area contributed by atoms with Crippen LogP contribution >= 0.6 is 0 Å². The summed E-state index contributed by atoms with van der Waals surface area (Å²) < 4.78 is 2.40. The summed E-state index contributed by atoms with van der Waals surface area (Å²) in [6, 6.07) is 1.35. The molecule has 0 saturated carbocycles. The Kier molecular flexibility index (Phi) is 4.04. The molecule has 1 aromatic rings. The van der Waals surface area contributed by atoms with Crippen molar-refractivity contribution < 1.29 is 0 Å². The molecule has 0 aliphatic heterocycles. The van der Waals surface area contributed by atoms with E-state index in [-0.39, 0.29) is 11.2 Å². The van der Waals surface area contributed by atoms with E-state index in [2.05, 4.69) is 0 Å². The van der Waals surface area contributed by atoms with Crippen LogP contribution in [0.1, 0.15) is 13.8 Å². The van der Waals surface area contributed by atoms with E-state index in [1.165, 1.54) is 23.9 Å². The molecule has 0 N–H and O–H groups in total. The molecule has 0 radical (unpaired) electrons. The van der Waals surface area contributed by atoms with Gasteiger partial charge in [-0.05, 0) is 0 Å². The molecular weight excluding hydrogens is 156 g/mol. The highest BCUT2D eigenvalue weighted by Crippen LogP contribution is 1.66. The lowest BCUT2D eigenvalue weighted by molar-refractivity contribution is 0.686. The monoisotopic (exact) mass is 170 g/mol. The quantitative estimate of drug-likeness (QED) is 0.554. The number of nitrogens with zero attached hydrogens (tertiary/aromatic N) is 2. The molecule has 0 fully saturated rings. The highest BCUT2D eigenvalue weighted by atomic mass is 16.2. The third kappa shape index (κ3) is 2.08. The van der Waals surface area contributed by atoms with Crippen molar-refractivity contribution in [3.8, 4) is 0 Å². The fourth-order valence-electron chi connectivity index (χ4n) is 0.682. The Morgan fingerprint density at radius 2 is 1.67 bits per heavy atom. The Labute approximate surface area is 71.1 Å². The second-order valence-electron chi connectivity index (χ2n) is 2.11. The van der Waals surface area contributed by atoms with E-state index in [1.807, 2.05) is 13.8 Å². The fourth-order valence-corrected chi connectivity index (χ4v) is 0.682. The van der Waals surface area contributed by atoms with E-state index in [9.17, 15) is 9.59 Å². The predicted octanol–water partition coefficient (Wildman–Crippen LogP) is 0.110. The summed E-state index contributed by atoms with van der Waals surface area (Å²) in [5, 5.41) is 0. The summed E-state index contributed by atoms with van der Waals surface area (Å²) in [5.74, 6) is 0. The number of hydrogen-bond acceptors (Lipinski definition) is 2. The Bertz CT molecular complexity index is 349. The van der Waals surface area contributed by atoms with Gasteiger partial charge in [-0.15, -0.1) is 0 Å². The summed E-state index contributed by atoms with van der Waals surface area (Å²) in [4.78, 5) is 21.7. The Morgan fingerprint density at radius 1 is 1.17 bits per heavy atom. The minimum absolute atomic E-state index is 0.275. The lowest BCUT2D eigenvalue weighted by Gasteiger charge is -1.97. The first-order valence-corrected chi connectivity index (χ1v) is 3.85. The summed E-state index contributed by atoms with van der Waals surface area (Å²) in [6.07, 6.45) is 1.45. The third-order valence-electron chi connectivity index (χ3n) is 1.36. The molecule has 0 saturated heterocycles. The van der Waals surface area contributed by atoms with Crippen LogP contribution in [0.5, 0.6) is 0 Å². The van der Waals surface area contributed by atoms with Gasteiger partial charge in [0.2, 0.25) is 0 Å². The van der Waals surface area contributed by atoms with Gasteiger partial charge in [0.25, 0.3) is 5.56 Å². The predicted molar refractivity (Wildman–Crippen MR) is 48.3 cm³/mol. The maximum absolute atomic E-state index is 10.9. The van der Waals surface area contributed by atoms with Gasteiger partial charge in [-0.3, -0.25) is 9.36 Å². The van der Waals surface area contributed by atoms with Crippen LogP contribution in [0.15, 0.2) is 21.9 Å². The summed E-state index contributed by atoms with van der Waals surface area (Å²) >= 11 is 0. The van der Waals surface area contributed by atoms with Gasteiger partial charge in [0.15, 0.2) is 0 Å². The van der Waals surface area contributed by atoms with E-state index >= 15 is 0 Å². The number of rotatable bonds is 0. The average molecular weight is 170 g/mol. The lowest BCUT2D eigenvalue weighted by Crippen LogP contribution is -2.35. The molecule has 0 spiro atoms. The summed E-state index contributed by atoms with van der Waals surface area (Å²) in [7, 11) is 3.05. The molecule has 0 amide bonds. The van der Waals surface area contributed by atoms with Gasteiger partial charge in [0.1, 0.15) is 0 Å². The topological polar surface area (TPSA) is 44.0 Å². The van der Waals surface area contributed by atoms with Gasteiger partial charge in [0, 0.05) is 26.4 Å². The van der Waals surface area contributed by atoms with Crippen molar-refractivity contribution in [2.24, 2.45) is 14.1 Å². The zero-order valence-corrected chi connectivity index (χ0v) is 7.87. The summed E-state index contributed by atoms with van der Waals surface area (Å²) in [5.41, 5.74) is -0.574. The van der Waals surface area contributed by atoms with E-state index in [0.717, 1.165) is 4.57 Å². The molecular formula is C8H14N2O2. The number of hydrogen-bond donors (Lipinski definition) is 0. The first-order chi connectivity index (χ1) is 5.63. The third-order valence-corrected chi connectivity index (χ3v) is 1.36. The minimum Gasteiger partial charge on any atom is -0.303 e. The van der Waals surface area contributed by atoms with Crippen LogP contribution < -0.4 is 11.2 Å². The number of aryl methyl sites for hydroxylation is 1. The van der Waals surface area contributed by atoms with Gasteiger partial charge < -0.3 is 4.57 Å². The van der Waals surface area contributed by atoms with Crippen LogP contribution in [0.25, 0.3) is 0 Å². The highest BCUT2D eigenvalue weighted by Gasteiger charge is 1.93. The average Bonchev–Trinajstić information content (AvgIpc) is 2.12. The molecule has 0 bridgehead atoms. The molecule has 4 heteroatoms. The number of aromatic nitrogens is 2. The van der Waals surface area contributed by atoms with E-state index in [1.54, 1.807) is 7.05 Å². The zero-order chi connectivity index (χ0) is 9.72. The van der Waals surface area contributed by atoms with Gasteiger partial charge in [-0.2, -0.15) is 0 Å². The maximum Gasteiger partial charge on any atom is 0.330 e. The Hall–Kier alpha value is -1.32. The van der Waals surface area contributed by atoms with Gasteiger partial charge in [-0.1, -0.05) is 13.8 Å². The van der Waals surface area contributed by atoms with Gasteiger partial charge in [0.05, 0.1) is 0 Å². The molecule has 1 aromatic heterocycles. The van der Waals surface area contributed by atoms with Crippen molar-refractivity contribution in [2.45, 2.75) is 13.8 Å². The SMILES string of the molecule is CC.Cn1ccc(=O)n(C)c1=O. The van der Waals surface area contributed by atoms with Crippen molar-refractivity contribution in [3.05, 3.63) is 33.1 Å². The first kappa shape index (κ1) is 10.7. The second-order valence-corrected chi connectivity index (χ2v) is 2.11. The maximum atomic E-state index is 10.9. The van der Waals surface area contributed by atoms with Crippen molar-refractivity contribution >= 4 is 0 Å². The summed E-state index contributed by atoms with van der Waals surface area (Å²) in [6.45, 7) is 4.00. The molecule has 0 aliphatic carbocycles. The van der Waals surface area contributed by atoms with Crippen LogP contribution in [-0.4, -0.2) is 9.13 Å². The smallest absolute Gasteiger partial charge is 0.303 e. The molecule has 0 aromatic carbocycles. The van der Waals surface area contributed by atoms with Gasteiger partial charge >= 0.3 is 5.69 Å².